The number of amides is 1. The first-order chi connectivity index (χ1) is 15.3. The maximum absolute atomic E-state index is 12.7. The third kappa shape index (κ3) is 9.02. The third-order valence-corrected chi connectivity index (χ3v) is 5.81. The number of aryl methyl sites for hydroxylation is 1. The Morgan fingerprint density at radius 3 is 2.19 bits per heavy atom. The minimum Gasteiger partial charge on any atom is -0.493 e. The zero-order chi connectivity index (χ0) is 23.4. The lowest BCUT2D eigenvalue weighted by Gasteiger charge is -2.23. The van der Waals surface area contributed by atoms with Crippen molar-refractivity contribution in [2.24, 2.45) is 7.05 Å². The summed E-state index contributed by atoms with van der Waals surface area (Å²) < 4.78 is 8.13. The van der Waals surface area contributed by atoms with E-state index in [2.05, 4.69) is 33.0 Å². The molecule has 1 aromatic heterocycles. The first-order valence-electron chi connectivity index (χ1n) is 12.3. The first kappa shape index (κ1) is 25.9. The summed E-state index contributed by atoms with van der Waals surface area (Å²) >= 11 is 0. The van der Waals surface area contributed by atoms with Crippen LogP contribution in [0.3, 0.4) is 0 Å². The van der Waals surface area contributed by atoms with E-state index in [1.807, 2.05) is 54.3 Å². The van der Waals surface area contributed by atoms with Crippen molar-refractivity contribution in [3.05, 3.63) is 59.4 Å². The molecule has 0 saturated heterocycles. The van der Waals surface area contributed by atoms with Crippen LogP contribution in [0, 0.1) is 0 Å². The molecule has 0 atom stereocenters. The van der Waals surface area contributed by atoms with Gasteiger partial charge in [0.15, 0.2) is 12.4 Å². The van der Waals surface area contributed by atoms with Gasteiger partial charge in [-0.2, -0.15) is 0 Å². The molecule has 1 heterocycles. The predicted molar refractivity (Wildman–Crippen MR) is 132 cm³/mol. The maximum atomic E-state index is 12.7. The van der Waals surface area contributed by atoms with Crippen molar-refractivity contribution in [3.63, 3.8) is 0 Å². The zero-order valence-corrected chi connectivity index (χ0v) is 20.9. The number of carbonyl (C=O) groups excluding carboxylic acids is 1. The van der Waals surface area contributed by atoms with Crippen molar-refractivity contribution < 1.29 is 14.1 Å². The Hall–Kier alpha value is -2.36. The number of aromatic nitrogens is 1. The summed E-state index contributed by atoms with van der Waals surface area (Å²) in [5, 5.41) is 3.03. The van der Waals surface area contributed by atoms with Gasteiger partial charge in [0, 0.05) is 29.8 Å². The van der Waals surface area contributed by atoms with Crippen LogP contribution in [-0.2, 0) is 19.0 Å². The Bertz CT molecular complexity index is 822. The van der Waals surface area contributed by atoms with Gasteiger partial charge in [-0.05, 0) is 35.6 Å². The van der Waals surface area contributed by atoms with Crippen LogP contribution in [0.15, 0.2) is 42.7 Å². The average Bonchev–Trinajstić information content (AvgIpc) is 2.76. The molecule has 0 aliphatic carbocycles. The van der Waals surface area contributed by atoms with Crippen LogP contribution in [0.2, 0.25) is 0 Å². The summed E-state index contributed by atoms with van der Waals surface area (Å²) in [6.45, 7) is 9.99. The van der Waals surface area contributed by atoms with Gasteiger partial charge in [-0.25, -0.2) is 4.57 Å². The van der Waals surface area contributed by atoms with Crippen molar-refractivity contribution in [3.8, 4) is 5.75 Å². The van der Waals surface area contributed by atoms with E-state index in [9.17, 15) is 4.79 Å². The van der Waals surface area contributed by atoms with Crippen molar-refractivity contribution in [1.82, 2.24) is 5.32 Å². The number of unbranched alkanes of at least 4 members (excludes halogenated alkanes) is 7. The summed E-state index contributed by atoms with van der Waals surface area (Å²) in [5.74, 6) is 0.839. The second-order valence-electron chi connectivity index (χ2n) is 9.84. The molecule has 32 heavy (non-hydrogen) atoms. The summed E-state index contributed by atoms with van der Waals surface area (Å²) in [5.41, 5.74) is 2.74. The molecule has 0 bridgehead atoms. The fraction of sp³-hybridized carbons (Fsp3) is 0.571. The highest BCUT2D eigenvalue weighted by atomic mass is 16.5. The molecule has 4 nitrogen and oxygen atoms in total. The number of nitrogens with zero attached hydrogens (tertiary/aromatic N) is 1. The van der Waals surface area contributed by atoms with Crippen molar-refractivity contribution in [2.75, 3.05) is 6.61 Å². The smallest absolute Gasteiger partial charge is 0.251 e. The number of hydrogen-bond acceptors (Lipinski definition) is 2. The molecule has 4 heteroatoms. The van der Waals surface area contributed by atoms with E-state index in [0.29, 0.717) is 12.1 Å². The second-order valence-corrected chi connectivity index (χ2v) is 9.84. The van der Waals surface area contributed by atoms with Crippen LogP contribution in [0.5, 0.6) is 5.75 Å². The van der Waals surface area contributed by atoms with Crippen LogP contribution in [0.4, 0.5) is 0 Å². The molecule has 0 unspecified atom stereocenters. The van der Waals surface area contributed by atoms with Crippen LogP contribution in [0.1, 0.15) is 101 Å². The van der Waals surface area contributed by atoms with Gasteiger partial charge in [0.1, 0.15) is 12.8 Å². The topological polar surface area (TPSA) is 42.2 Å². The Morgan fingerprint density at radius 1 is 0.938 bits per heavy atom. The normalized spacial score (nSPS) is 11.4. The molecule has 1 aromatic carbocycles. The van der Waals surface area contributed by atoms with E-state index >= 15 is 0 Å². The maximum Gasteiger partial charge on any atom is 0.251 e. The molecule has 176 valence electrons. The lowest BCUT2D eigenvalue weighted by molar-refractivity contribution is -0.671. The molecule has 0 aliphatic rings. The van der Waals surface area contributed by atoms with Gasteiger partial charge in [-0.3, -0.25) is 4.79 Å². The van der Waals surface area contributed by atoms with Gasteiger partial charge < -0.3 is 10.1 Å². The lowest BCUT2D eigenvalue weighted by Crippen LogP contribution is -2.27. The summed E-state index contributed by atoms with van der Waals surface area (Å²) in [7, 11) is 1.98. The number of benzene rings is 1. The van der Waals surface area contributed by atoms with Crippen LogP contribution < -0.4 is 14.6 Å². The van der Waals surface area contributed by atoms with Crippen LogP contribution >= 0.6 is 0 Å². The zero-order valence-electron chi connectivity index (χ0n) is 20.9. The van der Waals surface area contributed by atoms with Gasteiger partial charge in [-0.1, -0.05) is 72.6 Å². The fourth-order valence-corrected chi connectivity index (χ4v) is 3.74. The predicted octanol–water partition coefficient (Wildman–Crippen LogP) is 6.26. The molecule has 0 saturated carbocycles. The molecule has 0 spiro atoms. The van der Waals surface area contributed by atoms with E-state index in [1.165, 1.54) is 44.9 Å². The van der Waals surface area contributed by atoms with E-state index < -0.39 is 0 Å². The Kier molecular flexibility index (Phi) is 10.7. The Morgan fingerprint density at radius 2 is 1.56 bits per heavy atom. The van der Waals surface area contributed by atoms with E-state index in [4.69, 9.17) is 4.74 Å². The van der Waals surface area contributed by atoms with Gasteiger partial charge >= 0.3 is 0 Å². The Balaban J connectivity index is 1.88. The summed E-state index contributed by atoms with van der Waals surface area (Å²) in [6, 6.07) is 9.86. The number of carbonyl (C=O) groups is 1. The first-order valence-corrected chi connectivity index (χ1v) is 12.3. The number of pyridine rings is 1. The molecule has 0 radical (unpaired) electrons. The summed E-state index contributed by atoms with van der Waals surface area (Å²) in [4.78, 5) is 12.7. The highest BCUT2D eigenvalue weighted by molar-refractivity contribution is 5.94. The molecule has 0 aliphatic heterocycles. The third-order valence-electron chi connectivity index (χ3n) is 5.81. The quantitative estimate of drug-likeness (QED) is 0.296. The van der Waals surface area contributed by atoms with Crippen molar-refractivity contribution >= 4 is 5.91 Å². The number of rotatable bonds is 13. The van der Waals surface area contributed by atoms with Gasteiger partial charge in [-0.15, -0.1) is 0 Å². The lowest BCUT2D eigenvalue weighted by atomic mass is 9.85. The van der Waals surface area contributed by atoms with Crippen molar-refractivity contribution in [2.45, 2.75) is 91.0 Å². The highest BCUT2D eigenvalue weighted by Crippen LogP contribution is 2.32. The monoisotopic (exact) mass is 439 g/mol. The minimum absolute atomic E-state index is 0.0571. The average molecular weight is 440 g/mol. The molecule has 2 aromatic rings. The number of ether oxygens (including phenoxy) is 1. The Labute approximate surface area is 195 Å². The van der Waals surface area contributed by atoms with Gasteiger partial charge in [0.25, 0.3) is 5.91 Å². The fourth-order valence-electron chi connectivity index (χ4n) is 3.74. The van der Waals surface area contributed by atoms with Gasteiger partial charge in [0.2, 0.25) is 0 Å². The standard InChI is InChI=1S/C28H42N2O2/c1-6-7-8-9-10-11-12-13-20-32-26-15-14-24(21-25(26)28(2,3)4)27(31)29-22-23-16-18-30(5)19-17-23/h14-19,21H,6-13,20,22H2,1-5H3/p+1. The van der Waals surface area contributed by atoms with E-state index in [-0.39, 0.29) is 11.3 Å². The van der Waals surface area contributed by atoms with Gasteiger partial charge in [0.05, 0.1) is 6.61 Å². The number of nitrogens with one attached hydrogen (secondary N) is 1. The molecule has 1 N–H and O–H groups in total. The minimum atomic E-state index is -0.0981. The molecule has 1 amide bonds. The molecular weight excluding hydrogens is 396 g/mol. The van der Waals surface area contributed by atoms with E-state index in [0.717, 1.165) is 29.9 Å². The number of hydrogen-bond donors (Lipinski definition) is 1. The highest BCUT2D eigenvalue weighted by Gasteiger charge is 2.21. The SMILES string of the molecule is CCCCCCCCCCOc1ccc(C(=O)NCc2cc[n+](C)cc2)cc1C(C)(C)C. The second kappa shape index (κ2) is 13.2. The van der Waals surface area contributed by atoms with E-state index in [1.54, 1.807) is 0 Å². The molecular formula is C28H43N2O2+. The largest absolute Gasteiger partial charge is 0.493 e. The summed E-state index contributed by atoms with van der Waals surface area (Å²) in [6.07, 6.45) is 14.3. The van der Waals surface area contributed by atoms with Crippen LogP contribution in [0.25, 0.3) is 0 Å². The molecule has 2 rings (SSSR count). The molecule has 0 fully saturated rings. The van der Waals surface area contributed by atoms with Crippen molar-refractivity contribution in [1.29, 1.82) is 0 Å². The van der Waals surface area contributed by atoms with Crippen LogP contribution in [-0.4, -0.2) is 12.5 Å².